The van der Waals surface area contributed by atoms with Gasteiger partial charge in [-0.15, -0.1) is 0 Å². The molecule has 21 aromatic carbocycles. The smallest absolute Gasteiger partial charge is 0.187 e. The molecule has 0 fully saturated rings. The summed E-state index contributed by atoms with van der Waals surface area (Å²) < 4.78 is 45.5. The van der Waals surface area contributed by atoms with E-state index in [2.05, 4.69) is 248 Å². The SMILES string of the molecule is N#Cc1ccccc1-c1ccc2oc3c(ccc4oc5ccc(-c6cccc(C#N)c6-n6c7ccccc7c7ccccc76)cc5c43)c2c1.[C-]#[N+]c1ccc(-c2ccc3oc4c(ccc5oc6ccc(-c7cccc(C#N)c7-n7c8ccccc8c8ccccc87)cc6c54)c3c2)cc1.[C-]#[N+]c1cccc(-c2ccc3oc4c(ccc5oc6ccc(-c7cccc(C#N)c7-n7c8ccccc8c8ccccc87)cc6c54)c3c2)c1. The third-order valence-electron chi connectivity index (χ3n) is 29.0. The number of hydrogen-bond donors (Lipinski definition) is 0. The molecule has 147 heavy (non-hydrogen) atoms. The summed E-state index contributed by atoms with van der Waals surface area (Å²) in [5.74, 6) is 0. The van der Waals surface area contributed by atoms with E-state index < -0.39 is 0 Å². The fourth-order valence-corrected chi connectivity index (χ4v) is 22.4. The molecule has 0 aliphatic rings. The second-order valence-corrected chi connectivity index (χ2v) is 36.9. The zero-order valence-corrected chi connectivity index (χ0v) is 77.8. The first-order chi connectivity index (χ1) is 72.6. The van der Waals surface area contributed by atoms with Crippen LogP contribution in [0, 0.1) is 58.5 Å². The molecule has 0 aliphatic heterocycles. The molecule has 0 unspecified atom stereocenters. The van der Waals surface area contributed by atoms with E-state index in [1.54, 1.807) is 0 Å². The van der Waals surface area contributed by atoms with Crippen LogP contribution >= 0.6 is 0 Å². The second-order valence-electron chi connectivity index (χ2n) is 36.9. The van der Waals surface area contributed by atoms with E-state index in [-0.39, 0.29) is 0 Å². The fourth-order valence-electron chi connectivity index (χ4n) is 22.4. The molecule has 0 spiro atoms. The van der Waals surface area contributed by atoms with Crippen molar-refractivity contribution >= 4 is 208 Å². The van der Waals surface area contributed by atoms with Gasteiger partial charge in [-0.25, -0.2) is 9.69 Å². The third-order valence-corrected chi connectivity index (χ3v) is 29.0. The number of nitriles is 4. The summed E-state index contributed by atoms with van der Waals surface area (Å²) >= 11 is 0. The average Bonchev–Trinajstić information content (AvgIpc) is 1.57. The van der Waals surface area contributed by atoms with Crippen molar-refractivity contribution in [2.45, 2.75) is 0 Å². The lowest BCUT2D eigenvalue weighted by atomic mass is 9.97. The average molecular weight is 1880 g/mol. The van der Waals surface area contributed by atoms with Gasteiger partial charge in [0, 0.05) is 97.5 Å². The van der Waals surface area contributed by atoms with Crippen LogP contribution in [0.25, 0.3) is 291 Å². The zero-order chi connectivity index (χ0) is 97.9. The van der Waals surface area contributed by atoms with Crippen molar-refractivity contribution in [1.29, 1.82) is 21.0 Å². The molecule has 30 rings (SSSR count). The third kappa shape index (κ3) is 13.1. The lowest BCUT2D eigenvalue weighted by molar-refractivity contribution is 0.662. The minimum atomic E-state index is 0.592. The Hall–Kier alpha value is -21.2. The Morgan fingerprint density at radius 2 is 0.442 bits per heavy atom. The summed E-state index contributed by atoms with van der Waals surface area (Å²) in [4.78, 5) is 7.13. The normalized spacial score (nSPS) is 11.6. The van der Waals surface area contributed by atoms with Crippen LogP contribution in [0.4, 0.5) is 11.4 Å². The Balaban J connectivity index is 0.000000107. The Labute approximate surface area is 835 Å². The maximum atomic E-state index is 10.4. The van der Waals surface area contributed by atoms with Gasteiger partial charge in [0.2, 0.25) is 0 Å². The van der Waals surface area contributed by atoms with Crippen molar-refractivity contribution in [1.82, 2.24) is 13.7 Å². The Morgan fingerprint density at radius 1 is 0.184 bits per heavy atom. The molecular formula is C132H69N9O6. The molecule has 0 aliphatic carbocycles. The monoisotopic (exact) mass is 1880 g/mol. The Kier molecular flexibility index (Phi) is 19.0. The van der Waals surface area contributed by atoms with E-state index in [0.717, 1.165) is 281 Å². The molecule has 15 nitrogen and oxygen atoms in total. The fraction of sp³-hybridized carbons (Fsp3) is 0. The number of aromatic nitrogens is 3. The topological polar surface area (TPSA) is 198 Å². The van der Waals surface area contributed by atoms with Gasteiger partial charge in [-0.2, -0.15) is 21.0 Å². The maximum absolute atomic E-state index is 10.4. The lowest BCUT2D eigenvalue weighted by Gasteiger charge is -2.16. The number of nitrogens with zero attached hydrogens (tertiary/aromatic N) is 9. The van der Waals surface area contributed by atoms with Crippen molar-refractivity contribution in [2.24, 2.45) is 0 Å². The summed E-state index contributed by atoms with van der Waals surface area (Å²) in [7, 11) is 0. The minimum absolute atomic E-state index is 0.592. The maximum Gasteiger partial charge on any atom is 0.187 e. The van der Waals surface area contributed by atoms with Gasteiger partial charge in [-0.1, -0.05) is 243 Å². The number of hydrogen-bond acceptors (Lipinski definition) is 10. The molecule has 0 saturated carbocycles. The number of furan rings is 6. The minimum Gasteiger partial charge on any atom is -0.456 e. The summed E-state index contributed by atoms with van der Waals surface area (Å²) in [6.07, 6.45) is 0. The first kappa shape index (κ1) is 83.9. The van der Waals surface area contributed by atoms with Crippen LogP contribution in [0.1, 0.15) is 22.3 Å². The summed E-state index contributed by atoms with van der Waals surface area (Å²) in [5, 5.41) is 59.3. The molecule has 9 heterocycles. The van der Waals surface area contributed by atoms with Crippen molar-refractivity contribution < 1.29 is 26.5 Å². The van der Waals surface area contributed by atoms with E-state index in [1.165, 1.54) is 0 Å². The van der Waals surface area contributed by atoms with Crippen LogP contribution in [0.15, 0.2) is 445 Å². The van der Waals surface area contributed by atoms with Crippen LogP contribution in [0.3, 0.4) is 0 Å². The van der Waals surface area contributed by atoms with Crippen LogP contribution < -0.4 is 0 Å². The van der Waals surface area contributed by atoms with Crippen LogP contribution in [0.2, 0.25) is 0 Å². The van der Waals surface area contributed by atoms with Crippen molar-refractivity contribution in [2.75, 3.05) is 0 Å². The summed E-state index contributed by atoms with van der Waals surface area (Å²) in [5.41, 5.74) is 33.3. The molecule has 15 heteroatoms. The number of para-hydroxylation sites is 9. The molecule has 9 aromatic heterocycles. The van der Waals surface area contributed by atoms with Crippen LogP contribution in [-0.2, 0) is 0 Å². The number of benzene rings is 21. The molecule has 0 bridgehead atoms. The number of rotatable bonds is 9. The van der Waals surface area contributed by atoms with Crippen molar-refractivity contribution in [3.63, 3.8) is 0 Å². The Morgan fingerprint density at radius 3 is 0.789 bits per heavy atom. The van der Waals surface area contributed by atoms with Crippen molar-refractivity contribution in [3.8, 4) is 108 Å². The van der Waals surface area contributed by atoms with Gasteiger partial charge in [0.05, 0.1) is 108 Å². The van der Waals surface area contributed by atoms with Crippen LogP contribution in [-0.4, -0.2) is 13.7 Å². The van der Waals surface area contributed by atoms with Crippen molar-refractivity contribution in [3.05, 3.63) is 464 Å². The lowest BCUT2D eigenvalue weighted by Crippen LogP contribution is -2.00. The van der Waals surface area contributed by atoms with Gasteiger partial charge >= 0.3 is 0 Å². The predicted octanol–water partition coefficient (Wildman–Crippen LogP) is 36.3. The van der Waals surface area contributed by atoms with Gasteiger partial charge < -0.3 is 40.2 Å². The van der Waals surface area contributed by atoms with Gasteiger partial charge in [0.15, 0.2) is 11.4 Å². The zero-order valence-electron chi connectivity index (χ0n) is 77.8. The molecule has 678 valence electrons. The Bertz CT molecular complexity index is 11100. The highest BCUT2D eigenvalue weighted by Gasteiger charge is 2.29. The summed E-state index contributed by atoms with van der Waals surface area (Å²) in [6.45, 7) is 14.7. The van der Waals surface area contributed by atoms with E-state index in [0.29, 0.717) is 33.6 Å². The quantitative estimate of drug-likeness (QED) is 0.125. The standard InChI is InChI=1S/3C44H23N3O2/c1-46-30-10-6-8-26(22-30)27-16-19-39-35(23-27)34-18-21-41-42(44(34)49-39)36-24-28(17-20-40(36)48-41)31-13-7-9-29(25-45)43(31)47-37-14-4-2-11-32(37)33-12-3-5-15-38(33)47;1-46-30-17-13-26(14-18-30)27-15-20-39-35(23-27)34-19-22-41-42(44(34)49-39)36-24-28(16-21-40(36)48-41)31-10-6-7-29(25-45)43(31)47-37-11-4-2-8-32(37)33-9-3-5-12-38(33)47;45-24-28-8-1-2-10-30(28)26-16-19-39-35(22-26)34-18-21-41-42(44(34)49-39)36-23-27(17-20-40(36)48-41)31-13-7-9-29(25-46)43(31)47-37-14-5-3-11-32(37)33-12-4-6-15-38(33)47/h2*2-24H;1-23H. The largest absolute Gasteiger partial charge is 0.456 e. The number of fused-ring (bicyclic) bond motifs is 30. The van der Waals surface area contributed by atoms with Gasteiger partial charge in [-0.3, -0.25) is 0 Å². The van der Waals surface area contributed by atoms with Gasteiger partial charge in [0.25, 0.3) is 0 Å². The van der Waals surface area contributed by atoms with Crippen LogP contribution in [0.5, 0.6) is 0 Å². The molecule has 0 atom stereocenters. The molecule has 0 saturated heterocycles. The second kappa shape index (κ2) is 33.2. The highest BCUT2D eigenvalue weighted by molar-refractivity contribution is 6.27. The molecular weight excluding hydrogens is 1810 g/mol. The van der Waals surface area contributed by atoms with E-state index in [4.69, 9.17) is 39.6 Å². The molecule has 30 aromatic rings. The van der Waals surface area contributed by atoms with Gasteiger partial charge in [0.1, 0.15) is 85.2 Å². The van der Waals surface area contributed by atoms with Gasteiger partial charge in [-0.05, 0) is 226 Å². The molecule has 0 N–H and O–H groups in total. The summed E-state index contributed by atoms with van der Waals surface area (Å²) in [6, 6.07) is 150. The first-order valence-electron chi connectivity index (χ1n) is 48.1. The highest BCUT2D eigenvalue weighted by Crippen LogP contribution is 2.51. The highest BCUT2D eigenvalue weighted by atomic mass is 16.4. The van der Waals surface area contributed by atoms with E-state index in [1.807, 2.05) is 218 Å². The van der Waals surface area contributed by atoms with E-state index in [9.17, 15) is 21.0 Å². The molecule has 0 amide bonds. The first-order valence-corrected chi connectivity index (χ1v) is 48.1. The molecule has 0 radical (unpaired) electrons. The predicted molar refractivity (Wildman–Crippen MR) is 590 cm³/mol. The van der Waals surface area contributed by atoms with E-state index >= 15 is 0 Å².